The number of nitrogens with zero attached hydrogens (tertiary/aromatic N) is 1. The van der Waals surface area contributed by atoms with Gasteiger partial charge >= 0.3 is 0 Å². The molecule has 2 aromatic rings. The molecule has 0 radical (unpaired) electrons. The molecule has 144 valence electrons. The average molecular weight is 386 g/mol. The van der Waals surface area contributed by atoms with E-state index in [9.17, 15) is 9.59 Å². The summed E-state index contributed by atoms with van der Waals surface area (Å²) in [5.41, 5.74) is 3.75. The molecular formula is C21H27N3O2S. The van der Waals surface area contributed by atoms with E-state index in [2.05, 4.69) is 46.2 Å². The van der Waals surface area contributed by atoms with Crippen LogP contribution in [-0.4, -0.2) is 36.3 Å². The third-order valence-corrected chi connectivity index (χ3v) is 5.83. The highest BCUT2D eigenvalue weighted by Gasteiger charge is 2.20. The van der Waals surface area contributed by atoms with Crippen molar-refractivity contribution >= 4 is 28.8 Å². The van der Waals surface area contributed by atoms with Crippen LogP contribution < -0.4 is 10.6 Å². The van der Waals surface area contributed by atoms with Gasteiger partial charge in [-0.1, -0.05) is 13.8 Å². The first-order valence-corrected chi connectivity index (χ1v) is 10.5. The van der Waals surface area contributed by atoms with Gasteiger partial charge in [-0.3, -0.25) is 14.5 Å². The van der Waals surface area contributed by atoms with Crippen LogP contribution in [0.4, 0.5) is 5.69 Å². The molecule has 6 heteroatoms. The zero-order valence-electron chi connectivity index (χ0n) is 16.0. The number of benzene rings is 1. The Balaban J connectivity index is 1.71. The van der Waals surface area contributed by atoms with Crippen LogP contribution in [0.3, 0.4) is 0 Å². The number of rotatable bonds is 7. The van der Waals surface area contributed by atoms with Crippen molar-refractivity contribution in [1.82, 2.24) is 10.2 Å². The van der Waals surface area contributed by atoms with Crippen molar-refractivity contribution in [2.45, 2.75) is 39.2 Å². The molecule has 0 bridgehead atoms. The Morgan fingerprint density at radius 3 is 2.78 bits per heavy atom. The second-order valence-electron chi connectivity index (χ2n) is 6.78. The SMILES string of the molecule is CCN(CC)[C@@H](CNC(=O)c1ccc2c(c1)CCCC(=O)N2)c1ccsc1. The minimum Gasteiger partial charge on any atom is -0.350 e. The van der Waals surface area contributed by atoms with Gasteiger partial charge in [0, 0.05) is 24.2 Å². The van der Waals surface area contributed by atoms with E-state index in [1.54, 1.807) is 17.4 Å². The number of fused-ring (bicyclic) bond motifs is 1. The highest BCUT2D eigenvalue weighted by molar-refractivity contribution is 7.07. The maximum Gasteiger partial charge on any atom is 0.251 e. The van der Waals surface area contributed by atoms with Crippen LogP contribution >= 0.6 is 11.3 Å². The third kappa shape index (κ3) is 4.76. The number of aryl methyl sites for hydroxylation is 1. The van der Waals surface area contributed by atoms with E-state index in [1.165, 1.54) is 5.56 Å². The lowest BCUT2D eigenvalue weighted by Crippen LogP contribution is -2.37. The number of thiophene rings is 1. The molecule has 0 fully saturated rings. The predicted octanol–water partition coefficient (Wildman–Crippen LogP) is 3.84. The Bertz CT molecular complexity index is 785. The van der Waals surface area contributed by atoms with E-state index in [1.807, 2.05) is 12.1 Å². The van der Waals surface area contributed by atoms with Gasteiger partial charge in [0.05, 0.1) is 6.04 Å². The van der Waals surface area contributed by atoms with Crippen LogP contribution in [0.2, 0.25) is 0 Å². The molecule has 0 saturated heterocycles. The average Bonchev–Trinajstić information content (AvgIpc) is 3.13. The Hall–Kier alpha value is -2.18. The topological polar surface area (TPSA) is 61.4 Å². The van der Waals surface area contributed by atoms with Crippen molar-refractivity contribution in [1.29, 1.82) is 0 Å². The van der Waals surface area contributed by atoms with Gasteiger partial charge in [0.1, 0.15) is 0 Å². The molecule has 5 nitrogen and oxygen atoms in total. The molecule has 3 rings (SSSR count). The van der Waals surface area contributed by atoms with Crippen LogP contribution in [0.25, 0.3) is 0 Å². The molecule has 2 amide bonds. The zero-order chi connectivity index (χ0) is 19.2. The number of carbonyl (C=O) groups is 2. The Kier molecular flexibility index (Phi) is 6.63. The molecule has 27 heavy (non-hydrogen) atoms. The number of amides is 2. The summed E-state index contributed by atoms with van der Waals surface area (Å²) in [6, 6.07) is 7.85. The Morgan fingerprint density at radius 1 is 1.26 bits per heavy atom. The van der Waals surface area contributed by atoms with E-state index in [0.717, 1.165) is 37.2 Å². The van der Waals surface area contributed by atoms with Crippen molar-refractivity contribution < 1.29 is 9.59 Å². The maximum atomic E-state index is 12.7. The van der Waals surface area contributed by atoms with E-state index in [0.29, 0.717) is 18.5 Å². The number of carbonyl (C=O) groups excluding carboxylic acids is 2. The van der Waals surface area contributed by atoms with E-state index < -0.39 is 0 Å². The summed E-state index contributed by atoms with van der Waals surface area (Å²) in [6.45, 7) is 6.73. The summed E-state index contributed by atoms with van der Waals surface area (Å²) in [5.74, 6) is -0.0236. The summed E-state index contributed by atoms with van der Waals surface area (Å²) in [6.07, 6.45) is 2.15. The largest absolute Gasteiger partial charge is 0.350 e. The zero-order valence-corrected chi connectivity index (χ0v) is 16.8. The van der Waals surface area contributed by atoms with E-state index in [-0.39, 0.29) is 17.9 Å². The maximum absolute atomic E-state index is 12.7. The van der Waals surface area contributed by atoms with Crippen LogP contribution in [0, 0.1) is 0 Å². The third-order valence-electron chi connectivity index (χ3n) is 5.13. The minimum atomic E-state index is -0.0687. The predicted molar refractivity (Wildman–Crippen MR) is 110 cm³/mol. The van der Waals surface area contributed by atoms with Crippen molar-refractivity contribution in [2.75, 3.05) is 25.0 Å². The molecule has 1 atom stereocenters. The summed E-state index contributed by atoms with van der Waals surface area (Å²) in [4.78, 5) is 26.8. The lowest BCUT2D eigenvalue weighted by atomic mass is 10.0. The van der Waals surface area contributed by atoms with Gasteiger partial charge in [-0.15, -0.1) is 0 Å². The van der Waals surface area contributed by atoms with Crippen LogP contribution in [-0.2, 0) is 11.2 Å². The van der Waals surface area contributed by atoms with Crippen molar-refractivity contribution in [3.05, 3.63) is 51.7 Å². The Labute approximate surface area is 164 Å². The minimum absolute atomic E-state index is 0.0452. The van der Waals surface area contributed by atoms with Gasteiger partial charge in [0.15, 0.2) is 0 Å². The first-order valence-electron chi connectivity index (χ1n) is 9.59. The standard InChI is InChI=1S/C21H27N3O2S/c1-3-24(4-2)19(17-10-11-27-14-17)13-22-21(26)16-8-9-18-15(12-16)6-5-7-20(25)23-18/h8-12,14,19H,3-7,13H2,1-2H3,(H,22,26)(H,23,25)/t19-/m0/s1. The molecule has 1 aromatic heterocycles. The van der Waals surface area contributed by atoms with Crippen molar-refractivity contribution in [2.24, 2.45) is 0 Å². The molecule has 2 N–H and O–H groups in total. The quantitative estimate of drug-likeness (QED) is 0.761. The van der Waals surface area contributed by atoms with Gasteiger partial charge in [-0.2, -0.15) is 11.3 Å². The fourth-order valence-corrected chi connectivity index (χ4v) is 4.30. The number of hydrogen-bond donors (Lipinski definition) is 2. The van der Waals surface area contributed by atoms with Gasteiger partial charge in [-0.05, 0) is 72.1 Å². The number of nitrogens with one attached hydrogen (secondary N) is 2. The normalized spacial score (nSPS) is 15.0. The van der Waals surface area contributed by atoms with Crippen LogP contribution in [0.15, 0.2) is 35.0 Å². The fourth-order valence-electron chi connectivity index (χ4n) is 3.59. The Morgan fingerprint density at radius 2 is 2.07 bits per heavy atom. The molecule has 1 aliphatic rings. The highest BCUT2D eigenvalue weighted by Crippen LogP contribution is 2.24. The molecule has 0 aliphatic carbocycles. The van der Waals surface area contributed by atoms with Crippen molar-refractivity contribution in [3.8, 4) is 0 Å². The molecule has 1 aliphatic heterocycles. The number of hydrogen-bond acceptors (Lipinski definition) is 4. The first-order chi connectivity index (χ1) is 13.1. The highest BCUT2D eigenvalue weighted by atomic mass is 32.1. The van der Waals surface area contributed by atoms with Crippen LogP contribution in [0.5, 0.6) is 0 Å². The molecule has 1 aromatic carbocycles. The summed E-state index contributed by atoms with van der Waals surface area (Å²) >= 11 is 1.68. The smallest absolute Gasteiger partial charge is 0.251 e. The fraction of sp³-hybridized carbons (Fsp3) is 0.429. The van der Waals surface area contributed by atoms with Gasteiger partial charge in [0.2, 0.25) is 5.91 Å². The summed E-state index contributed by atoms with van der Waals surface area (Å²) in [7, 11) is 0. The summed E-state index contributed by atoms with van der Waals surface area (Å²) < 4.78 is 0. The number of anilines is 1. The van der Waals surface area contributed by atoms with Crippen LogP contribution in [0.1, 0.15) is 54.2 Å². The van der Waals surface area contributed by atoms with E-state index >= 15 is 0 Å². The molecule has 0 spiro atoms. The van der Waals surface area contributed by atoms with Gasteiger partial charge in [0.25, 0.3) is 5.91 Å². The van der Waals surface area contributed by atoms with Crippen molar-refractivity contribution in [3.63, 3.8) is 0 Å². The molecule has 2 heterocycles. The second-order valence-corrected chi connectivity index (χ2v) is 7.56. The van der Waals surface area contributed by atoms with Gasteiger partial charge < -0.3 is 10.6 Å². The lowest BCUT2D eigenvalue weighted by Gasteiger charge is -2.29. The number of likely N-dealkylation sites (N-methyl/N-ethyl adjacent to an activating group) is 1. The molecule has 0 unspecified atom stereocenters. The molecular weight excluding hydrogens is 358 g/mol. The second kappa shape index (κ2) is 9.15. The molecule has 0 saturated carbocycles. The lowest BCUT2D eigenvalue weighted by molar-refractivity contribution is -0.116. The van der Waals surface area contributed by atoms with Gasteiger partial charge in [-0.25, -0.2) is 0 Å². The monoisotopic (exact) mass is 385 g/mol. The first kappa shape index (κ1) is 19.6. The van der Waals surface area contributed by atoms with E-state index in [4.69, 9.17) is 0 Å². The summed E-state index contributed by atoms with van der Waals surface area (Å²) in [5, 5.41) is 10.2.